The Morgan fingerprint density at radius 3 is 2.55 bits per heavy atom. The number of benzene rings is 1. The van der Waals surface area contributed by atoms with Gasteiger partial charge in [0.2, 0.25) is 0 Å². The molecule has 2 nitrogen and oxygen atoms in total. The minimum absolute atomic E-state index is 0.0851. The Labute approximate surface area is 123 Å². The molecule has 1 aromatic carbocycles. The van der Waals surface area contributed by atoms with Crippen LogP contribution < -0.4 is 5.73 Å². The largest absolute Gasteiger partial charge is 0.324 e. The summed E-state index contributed by atoms with van der Waals surface area (Å²) in [5.41, 5.74) is 7.06. The molecule has 0 spiro atoms. The zero-order valence-corrected chi connectivity index (χ0v) is 13.1. The van der Waals surface area contributed by atoms with Crippen LogP contribution in [0.5, 0.6) is 0 Å². The van der Waals surface area contributed by atoms with Gasteiger partial charge in [-0.05, 0) is 50.9 Å². The molecule has 0 saturated heterocycles. The number of nitrogens with two attached hydrogens (primary N) is 1. The van der Waals surface area contributed by atoms with Gasteiger partial charge in [0.25, 0.3) is 0 Å². The lowest BCUT2D eigenvalue weighted by molar-refractivity contribution is 0.209. The molecule has 3 heteroatoms. The Morgan fingerprint density at radius 1 is 1.20 bits per heavy atom. The summed E-state index contributed by atoms with van der Waals surface area (Å²) < 4.78 is 13.2. The third kappa shape index (κ3) is 6.02. The Bertz CT molecular complexity index is 379. The van der Waals surface area contributed by atoms with E-state index in [1.807, 2.05) is 6.07 Å². The van der Waals surface area contributed by atoms with Gasteiger partial charge >= 0.3 is 0 Å². The Balaban J connectivity index is 2.45. The summed E-state index contributed by atoms with van der Waals surface area (Å²) in [7, 11) is 0. The second-order valence-electron chi connectivity index (χ2n) is 5.79. The summed E-state index contributed by atoms with van der Waals surface area (Å²) in [6.45, 7) is 8.76. The van der Waals surface area contributed by atoms with Crippen molar-refractivity contribution in [1.82, 2.24) is 4.90 Å². The Morgan fingerprint density at radius 2 is 1.95 bits per heavy atom. The second-order valence-corrected chi connectivity index (χ2v) is 5.79. The quantitative estimate of drug-likeness (QED) is 0.690. The average Bonchev–Trinajstić information content (AvgIpc) is 2.42. The van der Waals surface area contributed by atoms with Crippen molar-refractivity contribution in [1.29, 1.82) is 0 Å². The summed E-state index contributed by atoms with van der Waals surface area (Å²) in [4.78, 5) is 2.47. The zero-order valence-electron chi connectivity index (χ0n) is 13.1. The number of hydrogen-bond acceptors (Lipinski definition) is 2. The molecule has 0 aliphatic heterocycles. The number of hydrogen-bond donors (Lipinski definition) is 1. The molecular formula is C17H29FN2. The van der Waals surface area contributed by atoms with E-state index in [0.29, 0.717) is 6.04 Å². The molecule has 2 N–H and O–H groups in total. The summed E-state index contributed by atoms with van der Waals surface area (Å²) in [6.07, 6.45) is 4.63. The van der Waals surface area contributed by atoms with Crippen molar-refractivity contribution in [2.45, 2.75) is 58.5 Å². The van der Waals surface area contributed by atoms with Crippen molar-refractivity contribution in [2.75, 3.05) is 13.1 Å². The van der Waals surface area contributed by atoms with Crippen molar-refractivity contribution in [3.63, 3.8) is 0 Å². The lowest BCUT2D eigenvalue weighted by Gasteiger charge is -2.27. The average molecular weight is 280 g/mol. The number of halogens is 1. The van der Waals surface area contributed by atoms with Crippen LogP contribution in [-0.2, 0) is 0 Å². The van der Waals surface area contributed by atoms with E-state index >= 15 is 0 Å². The van der Waals surface area contributed by atoms with Gasteiger partial charge in [-0.1, -0.05) is 31.9 Å². The van der Waals surface area contributed by atoms with Crippen LogP contribution >= 0.6 is 0 Å². The molecule has 1 unspecified atom stereocenters. The van der Waals surface area contributed by atoms with Crippen LogP contribution in [0, 0.1) is 5.82 Å². The maximum atomic E-state index is 13.2. The van der Waals surface area contributed by atoms with Gasteiger partial charge in [-0.2, -0.15) is 0 Å². The van der Waals surface area contributed by atoms with Gasteiger partial charge < -0.3 is 10.6 Å². The predicted molar refractivity (Wildman–Crippen MR) is 84.2 cm³/mol. The van der Waals surface area contributed by atoms with Crippen molar-refractivity contribution >= 4 is 0 Å². The van der Waals surface area contributed by atoms with Crippen molar-refractivity contribution in [3.05, 3.63) is 35.6 Å². The van der Waals surface area contributed by atoms with E-state index in [1.54, 1.807) is 12.1 Å². The Hall–Kier alpha value is -0.930. The molecule has 0 saturated carbocycles. The highest BCUT2D eigenvalue weighted by atomic mass is 19.1. The fraction of sp³-hybridized carbons (Fsp3) is 0.647. The van der Waals surface area contributed by atoms with E-state index < -0.39 is 0 Å². The van der Waals surface area contributed by atoms with Crippen molar-refractivity contribution < 1.29 is 4.39 Å². The molecule has 0 bridgehead atoms. The second kappa shape index (κ2) is 9.09. The van der Waals surface area contributed by atoms with Gasteiger partial charge in [-0.25, -0.2) is 4.39 Å². The van der Waals surface area contributed by atoms with Crippen LogP contribution in [0.2, 0.25) is 0 Å². The standard InChI is InChI=1S/C17H29FN2/c1-4-5-6-11-20(14(2)3)12-10-17(19)15-8-7-9-16(18)13-15/h7-9,13-14,17H,4-6,10-12,19H2,1-3H3. The minimum atomic E-state index is -0.207. The van der Waals surface area contributed by atoms with Crippen molar-refractivity contribution in [3.8, 4) is 0 Å². The fourth-order valence-corrected chi connectivity index (χ4v) is 2.40. The maximum Gasteiger partial charge on any atom is 0.123 e. The van der Waals surface area contributed by atoms with E-state index in [0.717, 1.165) is 25.1 Å². The lowest BCUT2D eigenvalue weighted by Crippen LogP contribution is -2.34. The number of rotatable bonds is 9. The molecule has 1 aromatic rings. The SMILES string of the molecule is CCCCCN(CCC(N)c1cccc(F)c1)C(C)C. The topological polar surface area (TPSA) is 29.3 Å². The fourth-order valence-electron chi connectivity index (χ4n) is 2.40. The van der Waals surface area contributed by atoms with Crippen LogP contribution in [0.1, 0.15) is 58.1 Å². The van der Waals surface area contributed by atoms with E-state index in [4.69, 9.17) is 5.73 Å². The van der Waals surface area contributed by atoms with E-state index in [9.17, 15) is 4.39 Å². The molecule has 20 heavy (non-hydrogen) atoms. The normalized spacial score (nSPS) is 13.2. The minimum Gasteiger partial charge on any atom is -0.324 e. The van der Waals surface area contributed by atoms with Crippen molar-refractivity contribution in [2.24, 2.45) is 5.73 Å². The van der Waals surface area contributed by atoms with Crippen LogP contribution in [0.4, 0.5) is 4.39 Å². The zero-order chi connectivity index (χ0) is 15.0. The highest BCUT2D eigenvalue weighted by Gasteiger charge is 2.12. The molecular weight excluding hydrogens is 251 g/mol. The third-order valence-electron chi connectivity index (χ3n) is 3.78. The summed E-state index contributed by atoms with van der Waals surface area (Å²) in [5.74, 6) is -0.207. The molecule has 1 atom stereocenters. The molecule has 1 rings (SSSR count). The van der Waals surface area contributed by atoms with E-state index in [1.165, 1.54) is 25.3 Å². The first-order valence-corrected chi connectivity index (χ1v) is 7.79. The molecule has 0 aliphatic rings. The van der Waals surface area contributed by atoms with Gasteiger partial charge in [0.05, 0.1) is 0 Å². The summed E-state index contributed by atoms with van der Waals surface area (Å²) in [6, 6.07) is 7.09. The van der Waals surface area contributed by atoms with Gasteiger partial charge in [-0.3, -0.25) is 0 Å². The molecule has 0 heterocycles. The van der Waals surface area contributed by atoms with Gasteiger partial charge in [0, 0.05) is 18.6 Å². The predicted octanol–water partition coefficient (Wildman–Crippen LogP) is 4.12. The first-order valence-electron chi connectivity index (χ1n) is 7.79. The molecule has 0 amide bonds. The highest BCUT2D eigenvalue weighted by Crippen LogP contribution is 2.16. The lowest BCUT2D eigenvalue weighted by atomic mass is 10.0. The van der Waals surface area contributed by atoms with Gasteiger partial charge in [0.15, 0.2) is 0 Å². The smallest absolute Gasteiger partial charge is 0.123 e. The third-order valence-corrected chi connectivity index (χ3v) is 3.78. The molecule has 114 valence electrons. The molecule has 0 aliphatic carbocycles. The molecule has 0 aromatic heterocycles. The molecule has 0 fully saturated rings. The summed E-state index contributed by atoms with van der Waals surface area (Å²) >= 11 is 0. The molecule has 0 radical (unpaired) electrons. The van der Waals surface area contributed by atoms with E-state index in [-0.39, 0.29) is 11.9 Å². The monoisotopic (exact) mass is 280 g/mol. The van der Waals surface area contributed by atoms with Crippen LogP contribution in [0.3, 0.4) is 0 Å². The van der Waals surface area contributed by atoms with Crippen LogP contribution in [0.15, 0.2) is 24.3 Å². The number of nitrogens with zero attached hydrogens (tertiary/aromatic N) is 1. The van der Waals surface area contributed by atoms with E-state index in [2.05, 4.69) is 25.7 Å². The highest BCUT2D eigenvalue weighted by molar-refractivity contribution is 5.19. The van der Waals surface area contributed by atoms with Gasteiger partial charge in [0.1, 0.15) is 5.82 Å². The van der Waals surface area contributed by atoms with Crippen LogP contribution in [-0.4, -0.2) is 24.0 Å². The maximum absolute atomic E-state index is 13.2. The van der Waals surface area contributed by atoms with Gasteiger partial charge in [-0.15, -0.1) is 0 Å². The van der Waals surface area contributed by atoms with Crippen LogP contribution in [0.25, 0.3) is 0 Å². The first-order chi connectivity index (χ1) is 9.54. The first kappa shape index (κ1) is 17.1. The number of unbranched alkanes of at least 4 members (excludes halogenated alkanes) is 2. The Kier molecular flexibility index (Phi) is 7.78. The summed E-state index contributed by atoms with van der Waals surface area (Å²) in [5, 5.41) is 0.